The molecule has 2 heterocycles. The molecule has 0 saturated carbocycles. The van der Waals surface area contributed by atoms with Crippen molar-refractivity contribution in [2.75, 3.05) is 30.1 Å². The summed E-state index contributed by atoms with van der Waals surface area (Å²) in [6.07, 6.45) is 0.790. The van der Waals surface area contributed by atoms with E-state index in [-0.39, 0.29) is 6.17 Å². The van der Waals surface area contributed by atoms with Gasteiger partial charge in [0.2, 0.25) is 11.9 Å². The van der Waals surface area contributed by atoms with Crippen LogP contribution in [0.4, 0.5) is 11.4 Å². The second-order valence-corrected chi connectivity index (χ2v) is 9.03. The molecule has 5 rings (SSSR count). The highest BCUT2D eigenvalue weighted by molar-refractivity contribution is 6.12. The fourth-order valence-corrected chi connectivity index (χ4v) is 4.36. The lowest BCUT2D eigenvalue weighted by molar-refractivity contribution is 0.203. The maximum Gasteiger partial charge on any atom is 0.212 e. The molecule has 2 aliphatic rings. The second-order valence-electron chi connectivity index (χ2n) is 9.03. The molecule has 0 aliphatic carbocycles. The third kappa shape index (κ3) is 4.68. The van der Waals surface area contributed by atoms with Gasteiger partial charge in [-0.2, -0.15) is 0 Å². The van der Waals surface area contributed by atoms with E-state index in [1.54, 1.807) is 0 Å². The minimum Gasteiger partial charge on any atom is -0.326 e. The van der Waals surface area contributed by atoms with Crippen molar-refractivity contribution in [3.05, 3.63) is 95.6 Å². The quantitative estimate of drug-likeness (QED) is 0.548. The van der Waals surface area contributed by atoms with E-state index in [0.29, 0.717) is 0 Å². The fraction of sp³-hybridized carbons (Fsp3) is 0.286. The molecule has 6 heteroatoms. The van der Waals surface area contributed by atoms with Crippen LogP contribution in [0.5, 0.6) is 0 Å². The summed E-state index contributed by atoms with van der Waals surface area (Å²) in [7, 11) is 0. The molecule has 1 fully saturated rings. The Morgan fingerprint density at radius 1 is 0.794 bits per heavy atom. The number of anilines is 2. The molecule has 1 N–H and O–H groups in total. The van der Waals surface area contributed by atoms with E-state index in [1.165, 1.54) is 11.1 Å². The van der Waals surface area contributed by atoms with Gasteiger partial charge in [0.05, 0.1) is 13.3 Å². The van der Waals surface area contributed by atoms with Crippen molar-refractivity contribution in [1.82, 2.24) is 9.80 Å². The SMILES string of the molecule is CCCN1CN2C(Nc3ccc(C)cc3)=N[C@H](c3ccccc3)N=C2N(c2ccc(C)cc2)C1. The number of aryl methyl sites for hydroxylation is 2. The van der Waals surface area contributed by atoms with Crippen LogP contribution in [-0.4, -0.2) is 41.6 Å². The zero-order chi connectivity index (χ0) is 23.5. The number of guanidine groups is 2. The second kappa shape index (κ2) is 9.69. The van der Waals surface area contributed by atoms with Crippen molar-refractivity contribution in [1.29, 1.82) is 0 Å². The lowest BCUT2D eigenvalue weighted by atomic mass is 10.1. The van der Waals surface area contributed by atoms with Crippen LogP contribution in [0.1, 0.15) is 36.2 Å². The summed E-state index contributed by atoms with van der Waals surface area (Å²) >= 11 is 0. The lowest BCUT2D eigenvalue weighted by Gasteiger charge is -2.46. The van der Waals surface area contributed by atoms with E-state index in [4.69, 9.17) is 9.98 Å². The maximum absolute atomic E-state index is 5.17. The van der Waals surface area contributed by atoms with E-state index >= 15 is 0 Å². The molecule has 174 valence electrons. The standard InChI is InChI=1S/C28H32N6/c1-4-18-32-19-33(25-16-12-22(3)13-17-25)28-31-26(23-8-6-5-7-9-23)30-27(34(28)20-32)29-24-14-10-21(2)11-15-24/h5-17,26H,4,18-20H2,1-3H3,(H,29,30)/t26-/m0/s1. The van der Waals surface area contributed by atoms with E-state index in [1.807, 2.05) is 18.2 Å². The smallest absolute Gasteiger partial charge is 0.212 e. The van der Waals surface area contributed by atoms with Crippen molar-refractivity contribution in [2.24, 2.45) is 9.98 Å². The first-order valence-corrected chi connectivity index (χ1v) is 12.0. The summed E-state index contributed by atoms with van der Waals surface area (Å²) in [6, 6.07) is 27.5. The van der Waals surface area contributed by atoms with E-state index in [0.717, 1.165) is 55.2 Å². The van der Waals surface area contributed by atoms with Crippen LogP contribution in [0.25, 0.3) is 0 Å². The molecule has 3 aromatic rings. The average molecular weight is 453 g/mol. The van der Waals surface area contributed by atoms with Crippen molar-refractivity contribution in [3.63, 3.8) is 0 Å². The Kier molecular flexibility index (Phi) is 6.32. The topological polar surface area (TPSA) is 46.5 Å². The van der Waals surface area contributed by atoms with Crippen LogP contribution < -0.4 is 10.2 Å². The van der Waals surface area contributed by atoms with Gasteiger partial charge in [0, 0.05) is 17.9 Å². The van der Waals surface area contributed by atoms with Crippen LogP contribution in [0.2, 0.25) is 0 Å². The molecule has 0 unspecified atom stereocenters. The predicted octanol–water partition coefficient (Wildman–Crippen LogP) is 5.59. The number of rotatable bonds is 5. The molecule has 3 aromatic carbocycles. The van der Waals surface area contributed by atoms with Crippen molar-refractivity contribution in [3.8, 4) is 0 Å². The Bertz CT molecular complexity index is 1170. The predicted molar refractivity (Wildman–Crippen MR) is 141 cm³/mol. The summed E-state index contributed by atoms with van der Waals surface area (Å²) < 4.78 is 0. The van der Waals surface area contributed by atoms with Gasteiger partial charge in [-0.25, -0.2) is 9.98 Å². The van der Waals surface area contributed by atoms with Crippen LogP contribution in [0.15, 0.2) is 88.8 Å². The zero-order valence-corrected chi connectivity index (χ0v) is 20.1. The number of benzene rings is 3. The Morgan fingerprint density at radius 3 is 2.12 bits per heavy atom. The average Bonchev–Trinajstić information content (AvgIpc) is 2.86. The monoisotopic (exact) mass is 452 g/mol. The molecule has 0 radical (unpaired) electrons. The maximum atomic E-state index is 5.17. The Morgan fingerprint density at radius 2 is 1.44 bits per heavy atom. The molecule has 34 heavy (non-hydrogen) atoms. The van der Waals surface area contributed by atoms with Gasteiger partial charge in [-0.15, -0.1) is 0 Å². The molecule has 2 aliphatic heterocycles. The normalized spacial score (nSPS) is 18.3. The minimum atomic E-state index is -0.300. The number of nitrogens with one attached hydrogen (secondary N) is 1. The van der Waals surface area contributed by atoms with Gasteiger partial charge in [0.15, 0.2) is 6.17 Å². The number of nitrogens with zero attached hydrogens (tertiary/aromatic N) is 5. The van der Waals surface area contributed by atoms with Gasteiger partial charge in [-0.3, -0.25) is 14.7 Å². The van der Waals surface area contributed by atoms with Gasteiger partial charge in [0.1, 0.15) is 0 Å². The third-order valence-corrected chi connectivity index (χ3v) is 6.19. The highest BCUT2D eigenvalue weighted by Crippen LogP contribution is 2.30. The van der Waals surface area contributed by atoms with Crippen molar-refractivity contribution < 1.29 is 0 Å². The number of aliphatic imine (C=N–C) groups is 2. The van der Waals surface area contributed by atoms with Crippen molar-refractivity contribution in [2.45, 2.75) is 33.4 Å². The number of fused-ring (bicyclic) bond motifs is 1. The van der Waals surface area contributed by atoms with Crippen LogP contribution >= 0.6 is 0 Å². The lowest BCUT2D eigenvalue weighted by Crippen LogP contribution is -2.63. The van der Waals surface area contributed by atoms with Crippen LogP contribution in [-0.2, 0) is 0 Å². The van der Waals surface area contributed by atoms with E-state index < -0.39 is 0 Å². The first-order valence-electron chi connectivity index (χ1n) is 12.0. The highest BCUT2D eigenvalue weighted by atomic mass is 15.6. The van der Waals surface area contributed by atoms with Gasteiger partial charge in [-0.05, 0) is 50.1 Å². The molecule has 1 saturated heterocycles. The molecule has 1 atom stereocenters. The molecule has 0 aromatic heterocycles. The van der Waals surface area contributed by atoms with E-state index in [9.17, 15) is 0 Å². The highest BCUT2D eigenvalue weighted by Gasteiger charge is 2.36. The number of hydrogen-bond acceptors (Lipinski definition) is 6. The van der Waals surface area contributed by atoms with Gasteiger partial charge in [-0.1, -0.05) is 72.6 Å². The minimum absolute atomic E-state index is 0.300. The first-order chi connectivity index (χ1) is 16.6. The first kappa shape index (κ1) is 22.2. The van der Waals surface area contributed by atoms with Crippen LogP contribution in [0, 0.1) is 13.8 Å². The molecular weight excluding hydrogens is 420 g/mol. The summed E-state index contributed by atoms with van der Waals surface area (Å²) in [4.78, 5) is 17.2. The third-order valence-electron chi connectivity index (χ3n) is 6.19. The number of hydrogen-bond donors (Lipinski definition) is 1. The van der Waals surface area contributed by atoms with E-state index in [2.05, 4.69) is 101 Å². The molecular formula is C28H32N6. The van der Waals surface area contributed by atoms with Gasteiger partial charge in [0.25, 0.3) is 0 Å². The summed E-state index contributed by atoms with van der Waals surface area (Å²) in [6.45, 7) is 8.99. The Hall–Kier alpha value is -3.64. The summed E-state index contributed by atoms with van der Waals surface area (Å²) in [5, 5.41) is 3.59. The fourth-order valence-electron chi connectivity index (χ4n) is 4.36. The Labute approximate surface area is 202 Å². The van der Waals surface area contributed by atoms with Gasteiger partial charge >= 0.3 is 0 Å². The Balaban J connectivity index is 1.57. The molecule has 0 amide bonds. The van der Waals surface area contributed by atoms with Gasteiger partial charge < -0.3 is 5.32 Å². The summed E-state index contributed by atoms with van der Waals surface area (Å²) in [5.74, 6) is 1.75. The summed E-state index contributed by atoms with van der Waals surface area (Å²) in [5.41, 5.74) is 5.72. The largest absolute Gasteiger partial charge is 0.326 e. The molecule has 0 bridgehead atoms. The molecule has 6 nitrogen and oxygen atoms in total. The molecule has 0 spiro atoms. The van der Waals surface area contributed by atoms with Crippen LogP contribution in [0.3, 0.4) is 0 Å². The zero-order valence-electron chi connectivity index (χ0n) is 20.1. The van der Waals surface area contributed by atoms with Crippen molar-refractivity contribution >= 4 is 23.3 Å².